The van der Waals surface area contributed by atoms with Crippen LogP contribution in [0, 0.1) is 29.7 Å². The Morgan fingerprint density at radius 1 is 0.634 bits per heavy atom. The van der Waals surface area contributed by atoms with Crippen molar-refractivity contribution in [2.24, 2.45) is 0 Å². The fourth-order valence-corrected chi connectivity index (χ4v) is 12.3. The van der Waals surface area contributed by atoms with Crippen molar-refractivity contribution in [3.8, 4) is 57.2 Å². The summed E-state index contributed by atoms with van der Waals surface area (Å²) in [5.41, 5.74) is 9.23. The fourth-order valence-electron chi connectivity index (χ4n) is 6.68. The first-order chi connectivity index (χ1) is 19.8. The van der Waals surface area contributed by atoms with Crippen LogP contribution < -0.4 is 20.7 Å². The van der Waals surface area contributed by atoms with Crippen molar-refractivity contribution >= 4 is 39.7 Å². The molecule has 0 amide bonds. The Balaban J connectivity index is 0.00000276. The Morgan fingerprint density at radius 2 is 1.32 bits per heavy atom. The van der Waals surface area contributed by atoms with E-state index in [0.29, 0.717) is 0 Å². The van der Waals surface area contributed by atoms with Crippen molar-refractivity contribution in [3.63, 3.8) is 0 Å². The van der Waals surface area contributed by atoms with E-state index in [1.807, 2.05) is 13.0 Å². The first-order valence-corrected chi connectivity index (χ1v) is 15.5. The van der Waals surface area contributed by atoms with Gasteiger partial charge < -0.3 is 0 Å². The molecule has 3 heteroatoms. The molecule has 5 aromatic carbocycles. The van der Waals surface area contributed by atoms with Gasteiger partial charge in [0.05, 0.1) is 5.52 Å². The molecule has 0 fully saturated rings. The van der Waals surface area contributed by atoms with Gasteiger partial charge in [0.1, 0.15) is 0 Å². The second-order valence-corrected chi connectivity index (χ2v) is 13.9. The van der Waals surface area contributed by atoms with Crippen molar-refractivity contribution in [3.05, 3.63) is 127 Å². The Bertz CT molecular complexity index is 2110. The number of nitrogens with zero attached hydrogens (tertiary/aromatic N) is 1. The molecule has 1 nitrogen and oxygen atoms in total. The second kappa shape index (κ2) is 9.85. The predicted molar refractivity (Wildman–Crippen MR) is 168 cm³/mol. The molecule has 41 heavy (non-hydrogen) atoms. The number of aromatic nitrogens is 1. The van der Waals surface area contributed by atoms with Crippen LogP contribution in [0.15, 0.2) is 115 Å². The maximum Gasteiger partial charge on any atom is 0.163 e. The molecule has 1 aromatic heterocycles. The van der Waals surface area contributed by atoms with Gasteiger partial charge in [-0.05, 0) is 74.7 Å². The minimum absolute atomic E-state index is 0. The Kier molecular flexibility index (Phi) is 6.12. The number of hydrogen-bond donors (Lipinski definition) is 0. The quantitative estimate of drug-likeness (QED) is 0.126. The summed E-state index contributed by atoms with van der Waals surface area (Å²) < 4.78 is 0. The molecule has 193 valence electrons. The minimum atomic E-state index is -2.60. The summed E-state index contributed by atoms with van der Waals surface area (Å²) in [7, 11) is -2.60. The van der Waals surface area contributed by atoms with Crippen molar-refractivity contribution in [1.29, 1.82) is 0 Å². The molecule has 8 rings (SSSR count). The van der Waals surface area contributed by atoms with Gasteiger partial charge in [-0.2, -0.15) is 0 Å². The molecule has 0 aliphatic carbocycles. The summed E-state index contributed by atoms with van der Waals surface area (Å²) in [5, 5.41) is 6.83. The predicted octanol–water partition coefficient (Wildman–Crippen LogP) is 5.41. The summed E-state index contributed by atoms with van der Waals surface area (Å²) >= 11 is 0. The monoisotopic (exact) mass is 713 g/mol. The van der Waals surface area contributed by atoms with Crippen LogP contribution in [0.1, 0.15) is 12.5 Å². The molecule has 0 N–H and O–H groups in total. The van der Waals surface area contributed by atoms with E-state index in [-0.39, 0.29) is 20.1 Å². The van der Waals surface area contributed by atoms with Gasteiger partial charge in [-0.25, -0.2) is 0 Å². The number of fused-ring (bicyclic) bond motifs is 11. The number of rotatable bonds is 1. The first-order valence-electron chi connectivity index (χ1n) is 13.5. The molecule has 1 spiro atoms. The standard InChI is InChI=1S/C38H22NSi.Ir/c1-2-3-4-11-26-18-21-31-32-22-19-28(34-23-20-27-12-5-8-15-33(27)39-34)25-38(32)40(37(31)24-26)35-16-9-6-13-29(35)30-14-7-10-17-36(30)40;/h5-10,12-18,20-25H,1H3;/q-1;. The Labute approximate surface area is 254 Å². The summed E-state index contributed by atoms with van der Waals surface area (Å²) in [6.07, 6.45) is 0. The maximum absolute atomic E-state index is 5.03. The molecule has 0 saturated carbocycles. The minimum Gasteiger partial charge on any atom is -0.296 e. The van der Waals surface area contributed by atoms with Gasteiger partial charge in [0.2, 0.25) is 0 Å². The molecule has 1 radical (unpaired) electrons. The van der Waals surface area contributed by atoms with Crippen LogP contribution >= 0.6 is 0 Å². The molecule has 0 saturated heterocycles. The molecule has 6 aromatic rings. The fraction of sp³-hybridized carbons (Fsp3) is 0.0263. The summed E-state index contributed by atoms with van der Waals surface area (Å²) in [4.78, 5) is 5.03. The zero-order valence-electron chi connectivity index (χ0n) is 22.3. The van der Waals surface area contributed by atoms with Crippen LogP contribution in [0.25, 0.3) is 44.4 Å². The third kappa shape index (κ3) is 3.65. The van der Waals surface area contributed by atoms with Crippen LogP contribution in [0.4, 0.5) is 0 Å². The van der Waals surface area contributed by atoms with Gasteiger partial charge in [0.25, 0.3) is 0 Å². The van der Waals surface area contributed by atoms with E-state index < -0.39 is 8.07 Å². The first kappa shape index (κ1) is 25.5. The number of pyridine rings is 1. The van der Waals surface area contributed by atoms with Crippen LogP contribution in [0.5, 0.6) is 0 Å². The molecule has 0 atom stereocenters. The Hall–Kier alpha value is -4.50. The number of hydrogen-bond acceptors (Lipinski definition) is 1. The van der Waals surface area contributed by atoms with Crippen molar-refractivity contribution in [2.75, 3.05) is 0 Å². The van der Waals surface area contributed by atoms with Gasteiger partial charge >= 0.3 is 0 Å². The molecule has 0 unspecified atom stereocenters. The van der Waals surface area contributed by atoms with Gasteiger partial charge in [0.15, 0.2) is 8.07 Å². The van der Waals surface area contributed by atoms with E-state index in [0.717, 1.165) is 27.7 Å². The van der Waals surface area contributed by atoms with Gasteiger partial charge in [-0.1, -0.05) is 108 Å². The third-order valence-corrected chi connectivity index (χ3v) is 13.2. The van der Waals surface area contributed by atoms with E-state index in [2.05, 4.69) is 139 Å². The van der Waals surface area contributed by atoms with Crippen molar-refractivity contribution < 1.29 is 20.1 Å². The van der Waals surface area contributed by atoms with Gasteiger partial charge in [0, 0.05) is 25.7 Å². The number of benzene rings is 5. The molecule has 2 aliphatic heterocycles. The average Bonchev–Trinajstić information content (AvgIpc) is 3.47. The van der Waals surface area contributed by atoms with Crippen LogP contribution in [0.3, 0.4) is 0 Å². The van der Waals surface area contributed by atoms with E-state index in [1.54, 1.807) is 0 Å². The van der Waals surface area contributed by atoms with E-state index >= 15 is 0 Å². The Morgan fingerprint density at radius 3 is 2.10 bits per heavy atom. The second-order valence-electron chi connectivity index (χ2n) is 10.3. The topological polar surface area (TPSA) is 12.9 Å². The summed E-state index contributed by atoms with van der Waals surface area (Å²) in [5.74, 6) is 12.1. The number of para-hydroxylation sites is 1. The van der Waals surface area contributed by atoms with Crippen LogP contribution in [-0.2, 0) is 20.1 Å². The molecular formula is C38H22IrNSi-. The van der Waals surface area contributed by atoms with Crippen LogP contribution in [-0.4, -0.2) is 13.1 Å². The van der Waals surface area contributed by atoms with Gasteiger partial charge in [-0.3, -0.25) is 4.98 Å². The SMILES string of the molecule is CC#CC#Cc1ccc2c(c1)[Si]1(c3ccccc3-c3ccccc31)c1cc(-c3ccc4ccccc4n3)[c-]cc1-2.[Ir]. The van der Waals surface area contributed by atoms with E-state index in [9.17, 15) is 0 Å². The maximum atomic E-state index is 5.03. The van der Waals surface area contributed by atoms with E-state index in [4.69, 9.17) is 4.98 Å². The summed E-state index contributed by atoms with van der Waals surface area (Å²) in [6.45, 7) is 1.82. The summed E-state index contributed by atoms with van der Waals surface area (Å²) in [6, 6.07) is 45.5. The zero-order chi connectivity index (χ0) is 26.7. The molecule has 3 heterocycles. The van der Waals surface area contributed by atoms with Crippen molar-refractivity contribution in [2.45, 2.75) is 6.92 Å². The van der Waals surface area contributed by atoms with Gasteiger partial charge in [-0.15, -0.1) is 28.9 Å². The van der Waals surface area contributed by atoms with Crippen molar-refractivity contribution in [1.82, 2.24) is 4.98 Å². The molecule has 0 bridgehead atoms. The normalized spacial score (nSPS) is 12.6. The third-order valence-electron chi connectivity index (χ3n) is 8.29. The largest absolute Gasteiger partial charge is 0.296 e. The van der Waals surface area contributed by atoms with E-state index in [1.165, 1.54) is 43.0 Å². The molecule has 2 aliphatic rings. The van der Waals surface area contributed by atoms with Crippen LogP contribution in [0.2, 0.25) is 0 Å². The average molecular weight is 713 g/mol. The molecular weight excluding hydrogens is 691 g/mol. The zero-order valence-corrected chi connectivity index (χ0v) is 25.6. The smallest absolute Gasteiger partial charge is 0.163 e.